The monoisotopic (exact) mass is 373 g/mol. The van der Waals surface area contributed by atoms with E-state index in [9.17, 15) is 9.47 Å². The minimum Gasteiger partial charge on any atom is -0.253 e. The van der Waals surface area contributed by atoms with Gasteiger partial charge in [-0.05, 0) is 30.5 Å². The summed E-state index contributed by atoms with van der Waals surface area (Å²) in [6, 6.07) is 21.7. The van der Waals surface area contributed by atoms with Gasteiger partial charge in [-0.15, -0.1) is 11.6 Å². The number of benzene rings is 2. The summed E-state index contributed by atoms with van der Waals surface area (Å²) in [5.41, 5.74) is 1.05. The molecule has 0 saturated carbocycles. The average Bonchev–Trinajstić information content (AvgIpc) is 2.68. The minimum atomic E-state index is -1.37. The standard InChI is InChI=1S/C21H24ClNOS/c22-16-10-2-1-9-15-21(18-23,17-19-11-5-3-6-12-19)25(24)20-13-7-4-8-14-20/h3-8,11-14H,1-2,9-10,15-17H2. The first-order valence-electron chi connectivity index (χ1n) is 8.70. The van der Waals surface area contributed by atoms with Crippen LogP contribution in [0.5, 0.6) is 0 Å². The Kier molecular flexibility index (Phi) is 8.18. The van der Waals surface area contributed by atoms with Crippen LogP contribution >= 0.6 is 11.6 Å². The Bertz CT molecular complexity index is 699. The van der Waals surface area contributed by atoms with Crippen molar-refractivity contribution in [2.24, 2.45) is 0 Å². The van der Waals surface area contributed by atoms with E-state index >= 15 is 0 Å². The van der Waals surface area contributed by atoms with E-state index in [2.05, 4.69) is 6.07 Å². The third kappa shape index (κ3) is 5.70. The van der Waals surface area contributed by atoms with E-state index in [1.165, 1.54) is 0 Å². The summed E-state index contributed by atoms with van der Waals surface area (Å²) in [4.78, 5) is 0.723. The third-order valence-corrected chi connectivity index (χ3v) is 6.43. The molecule has 4 heteroatoms. The number of rotatable bonds is 10. The summed E-state index contributed by atoms with van der Waals surface area (Å²) < 4.78 is 12.4. The predicted molar refractivity (Wildman–Crippen MR) is 105 cm³/mol. The smallest absolute Gasteiger partial charge is 0.141 e. The summed E-state index contributed by atoms with van der Waals surface area (Å²) in [6.45, 7) is 0. The van der Waals surface area contributed by atoms with Gasteiger partial charge in [0.25, 0.3) is 0 Å². The van der Waals surface area contributed by atoms with Crippen molar-refractivity contribution in [1.82, 2.24) is 0 Å². The first kappa shape index (κ1) is 19.7. The Balaban J connectivity index is 2.22. The molecule has 2 aromatic carbocycles. The van der Waals surface area contributed by atoms with Crippen molar-refractivity contribution in [3.8, 4) is 6.07 Å². The Labute approximate surface area is 158 Å². The van der Waals surface area contributed by atoms with E-state index in [-0.39, 0.29) is 0 Å². The Morgan fingerprint density at radius 1 is 0.920 bits per heavy atom. The predicted octanol–water partition coefficient (Wildman–Crippen LogP) is 5.49. The van der Waals surface area contributed by atoms with Crippen molar-refractivity contribution < 1.29 is 4.21 Å². The summed E-state index contributed by atoms with van der Waals surface area (Å²) in [5, 5.41) is 10.0. The van der Waals surface area contributed by atoms with Gasteiger partial charge < -0.3 is 0 Å². The summed E-state index contributed by atoms with van der Waals surface area (Å²) in [5.74, 6) is 0.670. The van der Waals surface area contributed by atoms with Gasteiger partial charge in [-0.1, -0.05) is 67.8 Å². The van der Waals surface area contributed by atoms with Gasteiger partial charge in [0.1, 0.15) is 4.75 Å². The van der Waals surface area contributed by atoms with Crippen LogP contribution in [0.3, 0.4) is 0 Å². The van der Waals surface area contributed by atoms with Gasteiger partial charge in [0, 0.05) is 17.2 Å². The van der Waals surface area contributed by atoms with E-state index < -0.39 is 15.5 Å². The Morgan fingerprint density at radius 2 is 1.52 bits per heavy atom. The molecule has 0 N–H and O–H groups in total. The lowest BCUT2D eigenvalue weighted by Crippen LogP contribution is -2.35. The molecule has 132 valence electrons. The SMILES string of the molecule is N#CC(CCCCCCCl)(Cc1ccccc1)S(=O)c1ccccc1. The number of halogens is 1. The van der Waals surface area contributed by atoms with Gasteiger partial charge in [0.2, 0.25) is 0 Å². The molecule has 0 spiro atoms. The van der Waals surface area contributed by atoms with Crippen molar-refractivity contribution in [3.63, 3.8) is 0 Å². The fraction of sp³-hybridized carbons (Fsp3) is 0.381. The summed E-state index contributed by atoms with van der Waals surface area (Å²) >= 11 is 5.73. The van der Waals surface area contributed by atoms with Crippen molar-refractivity contribution in [3.05, 3.63) is 66.2 Å². The number of nitriles is 1. The second-order valence-electron chi connectivity index (χ2n) is 6.20. The lowest BCUT2D eigenvalue weighted by Gasteiger charge is -2.26. The molecule has 2 rings (SSSR count). The molecule has 0 aliphatic rings. The molecule has 2 nitrogen and oxygen atoms in total. The van der Waals surface area contributed by atoms with Crippen LogP contribution < -0.4 is 0 Å². The van der Waals surface area contributed by atoms with Crippen molar-refractivity contribution in [2.75, 3.05) is 5.88 Å². The zero-order chi connectivity index (χ0) is 18.0. The fourth-order valence-electron chi connectivity index (χ4n) is 2.94. The molecule has 2 unspecified atom stereocenters. The molecular weight excluding hydrogens is 350 g/mol. The minimum absolute atomic E-state index is 0.501. The van der Waals surface area contributed by atoms with Crippen molar-refractivity contribution >= 4 is 22.4 Å². The number of hydrogen-bond donors (Lipinski definition) is 0. The van der Waals surface area contributed by atoms with Crippen molar-refractivity contribution in [2.45, 2.75) is 48.2 Å². The van der Waals surface area contributed by atoms with Crippen LogP contribution in [0.25, 0.3) is 0 Å². The molecule has 2 atom stereocenters. The molecule has 0 aromatic heterocycles. The summed E-state index contributed by atoms with van der Waals surface area (Å²) in [6.07, 6.45) is 5.06. The first-order valence-corrected chi connectivity index (χ1v) is 10.4. The highest BCUT2D eigenvalue weighted by Crippen LogP contribution is 2.31. The second kappa shape index (κ2) is 10.4. The topological polar surface area (TPSA) is 40.9 Å². The van der Waals surface area contributed by atoms with Gasteiger partial charge >= 0.3 is 0 Å². The number of unbranched alkanes of at least 4 members (excludes halogenated alkanes) is 3. The molecule has 0 aliphatic carbocycles. The van der Waals surface area contributed by atoms with Crippen LogP contribution in [-0.4, -0.2) is 14.8 Å². The lowest BCUT2D eigenvalue weighted by molar-refractivity contribution is 0.548. The van der Waals surface area contributed by atoms with Crippen LogP contribution in [0.1, 0.15) is 37.7 Å². The molecule has 0 amide bonds. The number of nitrogens with zero attached hydrogens (tertiary/aromatic N) is 1. The molecule has 25 heavy (non-hydrogen) atoms. The lowest BCUT2D eigenvalue weighted by atomic mass is 9.93. The highest BCUT2D eigenvalue weighted by Gasteiger charge is 2.37. The molecule has 0 fully saturated rings. The zero-order valence-corrected chi connectivity index (χ0v) is 15.9. The molecule has 2 aromatic rings. The first-order chi connectivity index (χ1) is 12.2. The maximum Gasteiger partial charge on any atom is 0.141 e. The van der Waals surface area contributed by atoms with Crippen LogP contribution in [0.15, 0.2) is 65.6 Å². The zero-order valence-electron chi connectivity index (χ0n) is 14.4. The quantitative estimate of drug-likeness (QED) is 0.408. The maximum atomic E-state index is 13.3. The van der Waals surface area contributed by atoms with Gasteiger partial charge in [-0.25, -0.2) is 0 Å². The van der Waals surface area contributed by atoms with Gasteiger partial charge in [0.05, 0.1) is 16.9 Å². The highest BCUT2D eigenvalue weighted by atomic mass is 35.5. The maximum absolute atomic E-state index is 13.3. The Hall–Kier alpha value is -1.63. The second-order valence-corrected chi connectivity index (χ2v) is 8.37. The molecule has 0 radical (unpaired) electrons. The van der Waals surface area contributed by atoms with Crippen LogP contribution in [0.4, 0.5) is 0 Å². The number of hydrogen-bond acceptors (Lipinski definition) is 2. The van der Waals surface area contributed by atoms with Crippen LogP contribution in [0.2, 0.25) is 0 Å². The van der Waals surface area contributed by atoms with E-state index in [0.29, 0.717) is 18.7 Å². The molecule has 0 heterocycles. The fourth-order valence-corrected chi connectivity index (χ4v) is 4.69. The normalized spacial score (nSPS) is 14.4. The molecule has 0 saturated heterocycles. The van der Waals surface area contributed by atoms with Gasteiger partial charge in [-0.2, -0.15) is 5.26 Å². The Morgan fingerprint density at radius 3 is 2.12 bits per heavy atom. The molecule has 0 aliphatic heterocycles. The van der Waals surface area contributed by atoms with E-state index in [0.717, 1.165) is 36.1 Å². The third-order valence-electron chi connectivity index (χ3n) is 4.31. The van der Waals surface area contributed by atoms with Gasteiger partial charge in [0.15, 0.2) is 0 Å². The highest BCUT2D eigenvalue weighted by molar-refractivity contribution is 7.86. The van der Waals surface area contributed by atoms with Crippen molar-refractivity contribution in [1.29, 1.82) is 5.26 Å². The van der Waals surface area contributed by atoms with E-state index in [1.54, 1.807) is 0 Å². The average molecular weight is 374 g/mol. The number of alkyl halides is 1. The molecular formula is C21H24ClNOS. The van der Waals surface area contributed by atoms with E-state index in [1.807, 2.05) is 60.7 Å². The van der Waals surface area contributed by atoms with Crippen LogP contribution in [0, 0.1) is 11.3 Å². The summed E-state index contributed by atoms with van der Waals surface area (Å²) in [7, 11) is -1.37. The van der Waals surface area contributed by atoms with E-state index in [4.69, 9.17) is 11.6 Å². The largest absolute Gasteiger partial charge is 0.253 e. The molecule has 0 bridgehead atoms. The van der Waals surface area contributed by atoms with Crippen LogP contribution in [-0.2, 0) is 17.2 Å². The van der Waals surface area contributed by atoms with Gasteiger partial charge in [-0.3, -0.25) is 4.21 Å².